The highest BCUT2D eigenvalue weighted by molar-refractivity contribution is 6.04. The Hall–Kier alpha value is -5.54. The summed E-state index contributed by atoms with van der Waals surface area (Å²) < 4.78 is 6.26. The van der Waals surface area contributed by atoms with Gasteiger partial charge in [-0.25, -0.2) is 0 Å². The summed E-state index contributed by atoms with van der Waals surface area (Å²) in [6, 6.07) is 51.6. The lowest BCUT2D eigenvalue weighted by Gasteiger charge is -2.30. The van der Waals surface area contributed by atoms with E-state index in [1.807, 2.05) is 12.1 Å². The SMILES string of the molecule is C1=C(N(c2ccc(-c3ccccc3)cc2)c2ccc(-c3cccc4ccccc34)cc2)c2c(oc3ccccc23)NC1. The van der Waals surface area contributed by atoms with E-state index in [-0.39, 0.29) is 0 Å². The van der Waals surface area contributed by atoms with E-state index in [1.165, 1.54) is 33.0 Å². The van der Waals surface area contributed by atoms with Gasteiger partial charge in [0.05, 0.1) is 11.3 Å². The molecule has 0 saturated carbocycles. The van der Waals surface area contributed by atoms with Gasteiger partial charge in [-0.3, -0.25) is 0 Å². The van der Waals surface area contributed by atoms with Crippen molar-refractivity contribution in [3.05, 3.63) is 157 Å². The van der Waals surface area contributed by atoms with Crippen molar-refractivity contribution in [3.63, 3.8) is 0 Å². The summed E-state index contributed by atoms with van der Waals surface area (Å²) in [5.74, 6) is 0.812. The van der Waals surface area contributed by atoms with Crippen molar-refractivity contribution in [2.24, 2.45) is 0 Å². The minimum atomic E-state index is 0.689. The van der Waals surface area contributed by atoms with Gasteiger partial charge in [0.1, 0.15) is 5.58 Å². The molecule has 6 aromatic carbocycles. The zero-order valence-electron chi connectivity index (χ0n) is 23.0. The first-order chi connectivity index (χ1) is 20.8. The first kappa shape index (κ1) is 24.3. The van der Waals surface area contributed by atoms with Crippen LogP contribution in [0.4, 0.5) is 17.3 Å². The molecule has 200 valence electrons. The predicted octanol–water partition coefficient (Wildman–Crippen LogP) is 10.5. The molecule has 3 heteroatoms. The lowest BCUT2D eigenvalue weighted by atomic mass is 9.97. The van der Waals surface area contributed by atoms with Crippen LogP contribution < -0.4 is 10.2 Å². The molecule has 0 amide bonds. The van der Waals surface area contributed by atoms with Crippen molar-refractivity contribution in [2.45, 2.75) is 0 Å². The summed E-state index contributed by atoms with van der Waals surface area (Å²) in [6.07, 6.45) is 2.26. The molecule has 7 aromatic rings. The van der Waals surface area contributed by atoms with Crippen LogP contribution in [0.15, 0.2) is 156 Å². The molecular formula is C39H28N2O. The molecule has 0 atom stereocenters. The largest absolute Gasteiger partial charge is 0.440 e. The zero-order valence-corrected chi connectivity index (χ0v) is 23.0. The normalized spacial score (nSPS) is 12.5. The average Bonchev–Trinajstić information content (AvgIpc) is 3.45. The van der Waals surface area contributed by atoms with Gasteiger partial charge in [-0.15, -0.1) is 0 Å². The predicted molar refractivity (Wildman–Crippen MR) is 176 cm³/mol. The van der Waals surface area contributed by atoms with Crippen LogP contribution in [-0.4, -0.2) is 6.54 Å². The highest BCUT2D eigenvalue weighted by Gasteiger charge is 2.26. The average molecular weight is 541 g/mol. The van der Waals surface area contributed by atoms with Crippen molar-refractivity contribution in [1.82, 2.24) is 0 Å². The van der Waals surface area contributed by atoms with Gasteiger partial charge in [-0.05, 0) is 69.4 Å². The molecule has 0 spiro atoms. The summed E-state index contributed by atoms with van der Waals surface area (Å²) in [4.78, 5) is 2.35. The molecule has 2 heterocycles. The van der Waals surface area contributed by atoms with E-state index in [0.717, 1.165) is 39.5 Å². The van der Waals surface area contributed by atoms with Crippen LogP contribution in [0.25, 0.3) is 49.7 Å². The summed E-state index contributed by atoms with van der Waals surface area (Å²) in [5.41, 5.74) is 10.1. The molecule has 42 heavy (non-hydrogen) atoms. The van der Waals surface area contributed by atoms with E-state index < -0.39 is 0 Å². The summed E-state index contributed by atoms with van der Waals surface area (Å²) in [6.45, 7) is 0.689. The molecule has 8 rings (SSSR count). The topological polar surface area (TPSA) is 28.4 Å². The Morgan fingerprint density at radius 1 is 0.524 bits per heavy atom. The van der Waals surface area contributed by atoms with Crippen LogP contribution in [0, 0.1) is 0 Å². The van der Waals surface area contributed by atoms with Crippen molar-refractivity contribution in [2.75, 3.05) is 16.8 Å². The number of anilines is 3. The molecule has 0 aliphatic carbocycles. The van der Waals surface area contributed by atoms with Gasteiger partial charge in [0, 0.05) is 23.3 Å². The smallest absolute Gasteiger partial charge is 0.203 e. The molecule has 0 saturated heterocycles. The minimum absolute atomic E-state index is 0.689. The van der Waals surface area contributed by atoms with E-state index in [1.54, 1.807) is 0 Å². The van der Waals surface area contributed by atoms with Crippen LogP contribution in [0.3, 0.4) is 0 Å². The second-order valence-corrected chi connectivity index (χ2v) is 10.6. The maximum atomic E-state index is 6.26. The third-order valence-corrected chi connectivity index (χ3v) is 8.11. The van der Waals surface area contributed by atoms with E-state index >= 15 is 0 Å². The monoisotopic (exact) mass is 540 g/mol. The van der Waals surface area contributed by atoms with Crippen LogP contribution in [0.5, 0.6) is 0 Å². The number of furan rings is 1. The molecule has 0 radical (unpaired) electrons. The number of nitrogens with zero attached hydrogens (tertiary/aromatic N) is 1. The zero-order chi connectivity index (χ0) is 27.9. The second kappa shape index (κ2) is 10.1. The molecule has 1 aromatic heterocycles. The number of hydrogen-bond donors (Lipinski definition) is 1. The lowest BCUT2D eigenvalue weighted by Crippen LogP contribution is -2.20. The van der Waals surface area contributed by atoms with Crippen molar-refractivity contribution in [1.29, 1.82) is 0 Å². The first-order valence-corrected chi connectivity index (χ1v) is 14.3. The molecule has 0 fully saturated rings. The molecule has 3 nitrogen and oxygen atoms in total. The van der Waals surface area contributed by atoms with Crippen LogP contribution in [0.1, 0.15) is 5.56 Å². The summed E-state index contributed by atoms with van der Waals surface area (Å²) >= 11 is 0. The van der Waals surface area contributed by atoms with Crippen molar-refractivity contribution < 1.29 is 4.42 Å². The van der Waals surface area contributed by atoms with Gasteiger partial charge in [0.2, 0.25) is 5.88 Å². The lowest BCUT2D eigenvalue weighted by molar-refractivity contribution is 0.627. The van der Waals surface area contributed by atoms with Crippen molar-refractivity contribution in [3.8, 4) is 22.3 Å². The number of hydrogen-bond acceptors (Lipinski definition) is 3. The number of benzene rings is 6. The fraction of sp³-hybridized carbons (Fsp3) is 0.0256. The third kappa shape index (κ3) is 4.15. The Kier molecular flexibility index (Phi) is 5.86. The maximum absolute atomic E-state index is 6.26. The van der Waals surface area contributed by atoms with E-state index in [0.29, 0.717) is 6.54 Å². The molecule has 1 N–H and O–H groups in total. The molecule has 1 aliphatic heterocycles. The van der Waals surface area contributed by atoms with Gasteiger partial charge in [-0.2, -0.15) is 0 Å². The fourth-order valence-electron chi connectivity index (χ4n) is 6.10. The number of para-hydroxylation sites is 1. The summed E-state index contributed by atoms with van der Waals surface area (Å²) in [5, 5.41) is 7.06. The minimum Gasteiger partial charge on any atom is -0.440 e. The summed E-state index contributed by atoms with van der Waals surface area (Å²) in [7, 11) is 0. The van der Waals surface area contributed by atoms with Gasteiger partial charge >= 0.3 is 0 Å². The molecule has 0 bridgehead atoms. The van der Waals surface area contributed by atoms with Gasteiger partial charge in [-0.1, -0.05) is 115 Å². The Balaban J connectivity index is 1.26. The third-order valence-electron chi connectivity index (χ3n) is 8.11. The van der Waals surface area contributed by atoms with Gasteiger partial charge in [0.15, 0.2) is 0 Å². The second-order valence-electron chi connectivity index (χ2n) is 10.6. The Bertz CT molecular complexity index is 2070. The number of nitrogens with one attached hydrogen (secondary N) is 1. The standard InChI is InChI=1S/C39H28N2O/c1-2-9-27(10-3-1)28-17-21-31(22-18-28)41(36-25-26-40-39-38(36)35-14-6-7-16-37(35)42-39)32-23-19-30(20-24-32)34-15-8-12-29-11-4-5-13-33(29)34/h1-25,40H,26H2. The van der Waals surface area contributed by atoms with E-state index in [4.69, 9.17) is 4.42 Å². The number of rotatable bonds is 5. The molecule has 0 unspecified atom stereocenters. The van der Waals surface area contributed by atoms with Crippen molar-refractivity contribution >= 4 is 44.7 Å². The Morgan fingerprint density at radius 3 is 1.93 bits per heavy atom. The van der Waals surface area contributed by atoms with E-state index in [9.17, 15) is 0 Å². The quantitative estimate of drug-likeness (QED) is 0.235. The fourth-order valence-corrected chi connectivity index (χ4v) is 6.10. The first-order valence-electron chi connectivity index (χ1n) is 14.3. The molecule has 1 aliphatic rings. The van der Waals surface area contributed by atoms with Crippen LogP contribution >= 0.6 is 0 Å². The van der Waals surface area contributed by atoms with Crippen LogP contribution in [0.2, 0.25) is 0 Å². The maximum Gasteiger partial charge on any atom is 0.203 e. The number of fused-ring (bicyclic) bond motifs is 4. The van der Waals surface area contributed by atoms with E-state index in [2.05, 4.69) is 150 Å². The van der Waals surface area contributed by atoms with Gasteiger partial charge < -0.3 is 14.6 Å². The Morgan fingerprint density at radius 2 is 1.14 bits per heavy atom. The molecular weight excluding hydrogens is 512 g/mol. The Labute approximate surface area is 245 Å². The highest BCUT2D eigenvalue weighted by Crippen LogP contribution is 2.44. The highest BCUT2D eigenvalue weighted by atomic mass is 16.3. The van der Waals surface area contributed by atoms with Gasteiger partial charge in [0.25, 0.3) is 0 Å². The van der Waals surface area contributed by atoms with Crippen LogP contribution in [-0.2, 0) is 0 Å².